The molecule has 0 bridgehead atoms. The highest BCUT2D eigenvalue weighted by Gasteiger charge is 2.18. The molecule has 2 aromatic heterocycles. The smallest absolute Gasteiger partial charge is 0.276 e. The van der Waals surface area contributed by atoms with Crippen molar-refractivity contribution in [2.75, 3.05) is 42.8 Å². The molecule has 0 radical (unpaired) electrons. The number of ether oxygens (including phenoxy) is 1. The summed E-state index contributed by atoms with van der Waals surface area (Å²) in [6, 6.07) is 13.7. The molecule has 26 heavy (non-hydrogen) atoms. The van der Waals surface area contributed by atoms with Crippen molar-refractivity contribution in [3.63, 3.8) is 0 Å². The Balaban J connectivity index is 1.59. The topological polar surface area (TPSA) is 58.9 Å². The minimum Gasteiger partial charge on any atom is -0.378 e. The van der Waals surface area contributed by atoms with E-state index >= 15 is 0 Å². The molecule has 0 atom stereocenters. The second-order valence-electron chi connectivity index (χ2n) is 6.01. The Morgan fingerprint density at radius 2 is 2.04 bits per heavy atom. The number of thioether (sulfide) groups is 1. The molecular weight excluding hydrogens is 348 g/mol. The lowest BCUT2D eigenvalue weighted by Crippen LogP contribution is -2.36. The van der Waals surface area contributed by atoms with Gasteiger partial charge in [0.25, 0.3) is 5.91 Å². The molecule has 0 spiro atoms. The lowest BCUT2D eigenvalue weighted by Gasteiger charge is -2.29. The van der Waals surface area contributed by atoms with Gasteiger partial charge >= 0.3 is 0 Å². The predicted octanol–water partition coefficient (Wildman–Crippen LogP) is 3.15. The monoisotopic (exact) mass is 368 g/mol. The van der Waals surface area contributed by atoms with Crippen LogP contribution in [0.4, 0.5) is 11.4 Å². The number of rotatable bonds is 4. The minimum absolute atomic E-state index is 0.201. The van der Waals surface area contributed by atoms with E-state index in [9.17, 15) is 4.79 Å². The predicted molar refractivity (Wildman–Crippen MR) is 104 cm³/mol. The summed E-state index contributed by atoms with van der Waals surface area (Å²) in [5.41, 5.74) is 3.10. The Hall–Kier alpha value is -2.51. The SMILES string of the molecule is CSc1nc(C(=O)Nc2cccc(N3CCOCC3)c2)c2ccccn12. The first kappa shape index (κ1) is 16.9. The van der Waals surface area contributed by atoms with E-state index in [2.05, 4.69) is 21.3 Å². The molecule has 6 nitrogen and oxygen atoms in total. The quantitative estimate of drug-likeness (QED) is 0.717. The van der Waals surface area contributed by atoms with Gasteiger partial charge in [0.15, 0.2) is 10.9 Å². The van der Waals surface area contributed by atoms with Crippen molar-refractivity contribution in [3.05, 3.63) is 54.4 Å². The number of imidazole rings is 1. The first-order valence-corrected chi connectivity index (χ1v) is 9.74. The minimum atomic E-state index is -0.201. The fourth-order valence-corrected chi connectivity index (χ4v) is 3.65. The van der Waals surface area contributed by atoms with E-state index < -0.39 is 0 Å². The summed E-state index contributed by atoms with van der Waals surface area (Å²) in [6.45, 7) is 3.18. The summed E-state index contributed by atoms with van der Waals surface area (Å²) < 4.78 is 7.34. The Kier molecular flexibility index (Phi) is 4.81. The second-order valence-corrected chi connectivity index (χ2v) is 6.78. The molecule has 4 rings (SSSR count). The van der Waals surface area contributed by atoms with Gasteiger partial charge in [0.2, 0.25) is 0 Å². The van der Waals surface area contributed by atoms with Crippen LogP contribution in [0.5, 0.6) is 0 Å². The molecule has 3 aromatic rings. The Morgan fingerprint density at radius 3 is 2.85 bits per heavy atom. The number of pyridine rings is 1. The van der Waals surface area contributed by atoms with Crippen molar-refractivity contribution in [3.8, 4) is 0 Å². The van der Waals surface area contributed by atoms with Crippen LogP contribution in [-0.2, 0) is 4.74 Å². The molecular formula is C19H20N4O2S. The van der Waals surface area contributed by atoms with Crippen molar-refractivity contribution in [2.45, 2.75) is 5.16 Å². The van der Waals surface area contributed by atoms with Gasteiger partial charge in [0.1, 0.15) is 0 Å². The first-order valence-electron chi connectivity index (χ1n) is 8.51. The second kappa shape index (κ2) is 7.39. The van der Waals surface area contributed by atoms with E-state index in [-0.39, 0.29) is 5.91 Å². The van der Waals surface area contributed by atoms with Gasteiger partial charge in [0, 0.05) is 30.7 Å². The third-order valence-electron chi connectivity index (χ3n) is 4.39. The van der Waals surface area contributed by atoms with Crippen LogP contribution in [0, 0.1) is 0 Å². The Labute approximate surface area is 156 Å². The van der Waals surface area contributed by atoms with E-state index in [1.807, 2.05) is 53.3 Å². The number of benzene rings is 1. The summed E-state index contributed by atoms with van der Waals surface area (Å²) in [4.78, 5) is 19.6. The van der Waals surface area contributed by atoms with Crippen LogP contribution in [0.15, 0.2) is 53.8 Å². The molecule has 1 aromatic carbocycles. The molecule has 1 N–H and O–H groups in total. The average Bonchev–Trinajstić information content (AvgIpc) is 3.08. The van der Waals surface area contributed by atoms with Crippen LogP contribution in [0.3, 0.4) is 0 Å². The number of aromatic nitrogens is 2. The summed E-state index contributed by atoms with van der Waals surface area (Å²) in [5.74, 6) is -0.201. The van der Waals surface area contributed by atoms with E-state index in [1.54, 1.807) is 0 Å². The maximum atomic E-state index is 12.8. The molecule has 1 aliphatic rings. The highest BCUT2D eigenvalue weighted by atomic mass is 32.2. The zero-order valence-electron chi connectivity index (χ0n) is 14.5. The lowest BCUT2D eigenvalue weighted by atomic mass is 10.2. The van der Waals surface area contributed by atoms with Gasteiger partial charge < -0.3 is 15.0 Å². The van der Waals surface area contributed by atoms with Crippen LogP contribution >= 0.6 is 11.8 Å². The number of carbonyl (C=O) groups is 1. The number of morpholine rings is 1. The molecule has 7 heteroatoms. The van der Waals surface area contributed by atoms with Crippen molar-refractivity contribution in [2.24, 2.45) is 0 Å². The molecule has 1 fully saturated rings. The van der Waals surface area contributed by atoms with Crippen molar-refractivity contribution >= 4 is 34.6 Å². The lowest BCUT2D eigenvalue weighted by molar-refractivity contribution is 0.102. The highest BCUT2D eigenvalue weighted by molar-refractivity contribution is 7.98. The number of anilines is 2. The maximum absolute atomic E-state index is 12.8. The summed E-state index contributed by atoms with van der Waals surface area (Å²) in [6.07, 6.45) is 3.87. The van der Waals surface area contributed by atoms with Gasteiger partial charge in [-0.15, -0.1) is 0 Å². The van der Waals surface area contributed by atoms with Crippen LogP contribution < -0.4 is 10.2 Å². The van der Waals surface area contributed by atoms with Gasteiger partial charge in [-0.25, -0.2) is 4.98 Å². The van der Waals surface area contributed by atoms with E-state index in [1.165, 1.54) is 11.8 Å². The maximum Gasteiger partial charge on any atom is 0.276 e. The van der Waals surface area contributed by atoms with Gasteiger partial charge in [-0.05, 0) is 36.6 Å². The van der Waals surface area contributed by atoms with E-state index in [0.29, 0.717) is 5.69 Å². The Morgan fingerprint density at radius 1 is 1.19 bits per heavy atom. The van der Waals surface area contributed by atoms with Gasteiger partial charge in [-0.1, -0.05) is 23.9 Å². The third-order valence-corrected chi connectivity index (χ3v) is 5.05. The summed E-state index contributed by atoms with van der Waals surface area (Å²) >= 11 is 1.52. The van der Waals surface area contributed by atoms with Crippen LogP contribution in [0.1, 0.15) is 10.5 Å². The van der Waals surface area contributed by atoms with Crippen LogP contribution in [0.25, 0.3) is 5.52 Å². The normalized spacial score (nSPS) is 14.6. The van der Waals surface area contributed by atoms with Gasteiger partial charge in [0.05, 0.1) is 18.7 Å². The number of hydrogen-bond acceptors (Lipinski definition) is 5. The van der Waals surface area contributed by atoms with E-state index in [4.69, 9.17) is 4.74 Å². The molecule has 1 amide bonds. The number of nitrogens with zero attached hydrogens (tertiary/aromatic N) is 3. The molecule has 0 aliphatic carbocycles. The average molecular weight is 368 g/mol. The van der Waals surface area contributed by atoms with Crippen molar-refractivity contribution in [1.29, 1.82) is 0 Å². The molecule has 0 saturated carbocycles. The third kappa shape index (κ3) is 3.27. The number of hydrogen-bond donors (Lipinski definition) is 1. The molecule has 134 valence electrons. The number of carbonyl (C=O) groups excluding carboxylic acids is 1. The fraction of sp³-hybridized carbons (Fsp3) is 0.263. The van der Waals surface area contributed by atoms with Gasteiger partial charge in [-0.2, -0.15) is 0 Å². The highest BCUT2D eigenvalue weighted by Crippen LogP contribution is 2.23. The summed E-state index contributed by atoms with van der Waals surface area (Å²) in [5, 5.41) is 3.78. The largest absolute Gasteiger partial charge is 0.378 e. The fourth-order valence-electron chi connectivity index (χ4n) is 3.11. The number of fused-ring (bicyclic) bond motifs is 1. The zero-order valence-corrected chi connectivity index (χ0v) is 15.3. The standard InChI is InChI=1S/C19H20N4O2S/c1-26-19-21-17(16-7-2-3-8-23(16)19)18(24)20-14-5-4-6-15(13-14)22-9-11-25-12-10-22/h2-8,13H,9-12H2,1H3,(H,20,24). The van der Waals surface area contributed by atoms with Crippen LogP contribution in [-0.4, -0.2) is 47.9 Å². The van der Waals surface area contributed by atoms with Crippen molar-refractivity contribution in [1.82, 2.24) is 9.38 Å². The van der Waals surface area contributed by atoms with Gasteiger partial charge in [-0.3, -0.25) is 9.20 Å². The molecule has 1 saturated heterocycles. The molecule has 0 unspecified atom stereocenters. The molecule has 3 heterocycles. The first-order chi connectivity index (χ1) is 12.8. The zero-order chi connectivity index (χ0) is 17.9. The number of amides is 1. The van der Waals surface area contributed by atoms with E-state index in [0.717, 1.165) is 48.4 Å². The number of nitrogens with one attached hydrogen (secondary N) is 1. The Bertz CT molecular complexity index is 934. The van der Waals surface area contributed by atoms with Crippen LogP contribution in [0.2, 0.25) is 0 Å². The summed E-state index contributed by atoms with van der Waals surface area (Å²) in [7, 11) is 0. The van der Waals surface area contributed by atoms with Crippen molar-refractivity contribution < 1.29 is 9.53 Å². The molecule has 1 aliphatic heterocycles.